The predicted molar refractivity (Wildman–Crippen MR) is 124 cm³/mol. The van der Waals surface area contributed by atoms with Crippen LogP contribution in [0.1, 0.15) is 53.0 Å². The number of carboxylic acid groups (broad SMARTS) is 1. The van der Waals surface area contributed by atoms with E-state index in [2.05, 4.69) is 5.32 Å². The first kappa shape index (κ1) is 24.6. The summed E-state index contributed by atoms with van der Waals surface area (Å²) in [6.07, 6.45) is -0.985. The smallest absolute Gasteiger partial charge is 0.411 e. The summed E-state index contributed by atoms with van der Waals surface area (Å²) >= 11 is 0. The van der Waals surface area contributed by atoms with Gasteiger partial charge in [-0.15, -0.1) is 0 Å². The van der Waals surface area contributed by atoms with Gasteiger partial charge >= 0.3 is 18.2 Å². The van der Waals surface area contributed by atoms with Crippen molar-refractivity contribution < 1.29 is 33.8 Å². The van der Waals surface area contributed by atoms with Gasteiger partial charge in [-0.2, -0.15) is 0 Å². The molecule has 0 aromatic heterocycles. The maximum absolute atomic E-state index is 13.3. The van der Waals surface area contributed by atoms with E-state index in [1.165, 1.54) is 17.0 Å². The maximum Gasteiger partial charge on any atom is 0.411 e. The Kier molecular flexibility index (Phi) is 7.72. The number of benzene rings is 2. The molecule has 0 bridgehead atoms. The molecule has 1 heterocycles. The summed E-state index contributed by atoms with van der Waals surface area (Å²) in [7, 11) is 0. The first-order valence-electron chi connectivity index (χ1n) is 10.8. The van der Waals surface area contributed by atoms with Gasteiger partial charge in [0, 0.05) is 12.1 Å². The van der Waals surface area contributed by atoms with Crippen molar-refractivity contribution in [2.75, 3.05) is 17.6 Å². The molecule has 180 valence electrons. The van der Waals surface area contributed by atoms with Crippen LogP contribution in [0.4, 0.5) is 21.0 Å². The van der Waals surface area contributed by atoms with Crippen molar-refractivity contribution in [3.63, 3.8) is 0 Å². The molecule has 10 heteroatoms. The van der Waals surface area contributed by atoms with Crippen molar-refractivity contribution in [2.45, 2.75) is 45.4 Å². The SMILES string of the molecule is CC(C)OC(=O)Nc1c(C(=O)O)ccc(C(=O)[C@@H]2CCCN2C(=O)OCc2ccccc2)c1N. The molecule has 4 N–H and O–H groups in total. The zero-order valence-electron chi connectivity index (χ0n) is 18.9. The van der Waals surface area contributed by atoms with Gasteiger partial charge in [-0.25, -0.2) is 14.4 Å². The number of nitrogens with zero attached hydrogens (tertiary/aromatic N) is 1. The number of ketones is 1. The molecule has 1 saturated heterocycles. The first-order valence-corrected chi connectivity index (χ1v) is 10.8. The van der Waals surface area contributed by atoms with Crippen LogP contribution in [-0.4, -0.2) is 52.6 Å². The summed E-state index contributed by atoms with van der Waals surface area (Å²) in [6.45, 7) is 3.67. The Hall–Kier alpha value is -4.08. The number of rotatable bonds is 7. The summed E-state index contributed by atoms with van der Waals surface area (Å²) in [4.78, 5) is 51.1. The molecular formula is C24H27N3O7. The fraction of sp³-hybridized carbons (Fsp3) is 0.333. The van der Waals surface area contributed by atoms with Gasteiger partial charge < -0.3 is 20.3 Å². The van der Waals surface area contributed by atoms with Crippen molar-refractivity contribution in [2.24, 2.45) is 0 Å². The van der Waals surface area contributed by atoms with E-state index in [4.69, 9.17) is 15.2 Å². The largest absolute Gasteiger partial charge is 0.478 e. The fourth-order valence-electron chi connectivity index (χ4n) is 3.73. The van der Waals surface area contributed by atoms with E-state index in [9.17, 15) is 24.3 Å². The second kappa shape index (κ2) is 10.7. The number of amides is 2. The van der Waals surface area contributed by atoms with Crippen LogP contribution in [-0.2, 0) is 16.1 Å². The molecule has 0 unspecified atom stereocenters. The summed E-state index contributed by atoms with van der Waals surface area (Å²) < 4.78 is 10.4. The number of Topliss-reactive ketones (excluding diaryl/α,β-unsaturated/α-hetero) is 1. The first-order chi connectivity index (χ1) is 16.2. The second-order valence-corrected chi connectivity index (χ2v) is 8.09. The molecule has 2 amide bonds. The number of carbonyl (C=O) groups is 4. The lowest BCUT2D eigenvalue weighted by atomic mass is 9.97. The minimum Gasteiger partial charge on any atom is -0.478 e. The van der Waals surface area contributed by atoms with Crippen LogP contribution in [0.2, 0.25) is 0 Å². The average Bonchev–Trinajstić information content (AvgIpc) is 3.28. The number of carbonyl (C=O) groups excluding carboxylic acids is 3. The lowest BCUT2D eigenvalue weighted by Gasteiger charge is -2.24. The van der Waals surface area contributed by atoms with Crippen molar-refractivity contribution >= 4 is 35.3 Å². The number of likely N-dealkylation sites (tertiary alicyclic amines) is 1. The molecule has 2 aromatic carbocycles. The molecule has 1 atom stereocenters. The molecule has 0 saturated carbocycles. The molecule has 2 aromatic rings. The number of ether oxygens (including phenoxy) is 2. The van der Waals surface area contributed by atoms with Crippen molar-refractivity contribution in [3.8, 4) is 0 Å². The van der Waals surface area contributed by atoms with Crippen molar-refractivity contribution in [1.82, 2.24) is 4.90 Å². The number of hydrogen-bond donors (Lipinski definition) is 3. The van der Waals surface area contributed by atoms with Crippen LogP contribution >= 0.6 is 0 Å². The van der Waals surface area contributed by atoms with Crippen LogP contribution in [0.3, 0.4) is 0 Å². The predicted octanol–water partition coefficient (Wildman–Crippen LogP) is 3.91. The van der Waals surface area contributed by atoms with Gasteiger partial charge in [0.25, 0.3) is 0 Å². The van der Waals surface area contributed by atoms with Gasteiger partial charge in [-0.05, 0) is 44.4 Å². The minimum absolute atomic E-state index is 0.00222. The number of nitrogens with one attached hydrogen (secondary N) is 1. The molecule has 3 rings (SSSR count). The molecule has 0 spiro atoms. The third kappa shape index (κ3) is 5.64. The quantitative estimate of drug-likeness (QED) is 0.408. The molecule has 1 fully saturated rings. The van der Waals surface area contributed by atoms with Gasteiger partial charge in [0.05, 0.1) is 29.1 Å². The third-order valence-corrected chi connectivity index (χ3v) is 5.31. The van der Waals surface area contributed by atoms with Crippen molar-refractivity contribution in [3.05, 3.63) is 59.2 Å². The van der Waals surface area contributed by atoms with Gasteiger partial charge in [-0.1, -0.05) is 30.3 Å². The van der Waals surface area contributed by atoms with E-state index in [1.54, 1.807) is 13.8 Å². The molecule has 34 heavy (non-hydrogen) atoms. The summed E-state index contributed by atoms with van der Waals surface area (Å²) in [5.41, 5.74) is 6.21. The van der Waals surface area contributed by atoms with E-state index >= 15 is 0 Å². The standard InChI is InChI=1S/C24H27N3O7/c1-14(2)34-23(31)26-20-17(22(29)30)11-10-16(19(20)25)21(28)18-9-6-12-27(18)24(32)33-13-15-7-4-3-5-8-15/h3-5,7-8,10-11,14,18H,6,9,12-13,25H2,1-2H3,(H,26,31)(H,29,30)/t18-/m0/s1. The molecule has 10 nitrogen and oxygen atoms in total. The highest BCUT2D eigenvalue weighted by molar-refractivity contribution is 6.12. The monoisotopic (exact) mass is 469 g/mol. The third-order valence-electron chi connectivity index (χ3n) is 5.31. The van der Waals surface area contributed by atoms with Gasteiger partial charge in [-0.3, -0.25) is 15.0 Å². The topological polar surface area (TPSA) is 148 Å². The minimum atomic E-state index is -1.34. The Morgan fingerprint density at radius 3 is 2.44 bits per heavy atom. The Bertz CT molecular complexity index is 1090. The van der Waals surface area contributed by atoms with Crippen LogP contribution in [0.15, 0.2) is 42.5 Å². The van der Waals surface area contributed by atoms with Gasteiger partial charge in [0.2, 0.25) is 0 Å². The van der Waals surface area contributed by atoms with Crippen molar-refractivity contribution in [1.29, 1.82) is 0 Å². The average molecular weight is 469 g/mol. The highest BCUT2D eigenvalue weighted by Gasteiger charge is 2.37. The molecule has 1 aliphatic heterocycles. The van der Waals surface area contributed by atoms with E-state index < -0.39 is 36.1 Å². The van der Waals surface area contributed by atoms with E-state index in [-0.39, 0.29) is 29.1 Å². The Morgan fingerprint density at radius 2 is 1.79 bits per heavy atom. The maximum atomic E-state index is 13.3. The molecular weight excluding hydrogens is 442 g/mol. The number of aromatic carboxylic acids is 1. The fourth-order valence-corrected chi connectivity index (χ4v) is 3.73. The zero-order chi connectivity index (χ0) is 24.8. The van der Waals surface area contributed by atoms with Gasteiger partial charge in [0.15, 0.2) is 5.78 Å². The lowest BCUT2D eigenvalue weighted by molar-refractivity contribution is 0.0697. The van der Waals surface area contributed by atoms with Crippen LogP contribution in [0, 0.1) is 0 Å². The highest BCUT2D eigenvalue weighted by atomic mass is 16.6. The normalized spacial score (nSPS) is 15.1. The van der Waals surface area contributed by atoms with Crippen LogP contribution in [0.25, 0.3) is 0 Å². The molecule has 0 radical (unpaired) electrons. The van der Waals surface area contributed by atoms with Gasteiger partial charge in [0.1, 0.15) is 6.61 Å². The Labute approximate surface area is 196 Å². The van der Waals surface area contributed by atoms with E-state index in [0.717, 1.165) is 5.56 Å². The Balaban J connectivity index is 1.81. The Morgan fingerprint density at radius 1 is 1.12 bits per heavy atom. The number of nitrogens with two attached hydrogens (primary N) is 1. The second-order valence-electron chi connectivity index (χ2n) is 8.09. The van der Waals surface area contributed by atoms with Crippen LogP contribution in [0.5, 0.6) is 0 Å². The molecule has 1 aliphatic rings. The summed E-state index contributed by atoms with van der Waals surface area (Å²) in [5.74, 6) is -1.80. The highest BCUT2D eigenvalue weighted by Crippen LogP contribution is 2.32. The number of nitrogen functional groups attached to an aromatic ring is 1. The van der Waals surface area contributed by atoms with Crippen LogP contribution < -0.4 is 11.1 Å². The zero-order valence-corrected chi connectivity index (χ0v) is 18.9. The summed E-state index contributed by atoms with van der Waals surface area (Å²) in [6, 6.07) is 10.8. The summed E-state index contributed by atoms with van der Waals surface area (Å²) in [5, 5.41) is 11.8. The van der Waals surface area contributed by atoms with E-state index in [0.29, 0.717) is 19.4 Å². The van der Waals surface area contributed by atoms with E-state index in [1.807, 2.05) is 30.3 Å². The number of anilines is 2. The number of carboxylic acids is 1. The lowest BCUT2D eigenvalue weighted by Crippen LogP contribution is -2.41. The number of hydrogen-bond acceptors (Lipinski definition) is 7. The molecule has 0 aliphatic carbocycles.